The number of carbonyl (C=O) groups excluding carboxylic acids is 2. The molecular weight excluding hydrogens is 544 g/mol. The van der Waals surface area contributed by atoms with E-state index in [0.717, 1.165) is 11.1 Å². The molecule has 1 amide bonds. The Morgan fingerprint density at radius 1 is 1.07 bits per heavy atom. The van der Waals surface area contributed by atoms with E-state index in [0.29, 0.717) is 47.2 Å². The number of amides is 1. The number of carbonyl (C=O) groups is 3. The number of carboxylic acid groups (broad SMARTS) is 1. The van der Waals surface area contributed by atoms with Crippen molar-refractivity contribution in [1.82, 2.24) is 20.2 Å². The number of hydrogen-bond donors (Lipinski definition) is 3. The van der Waals surface area contributed by atoms with Crippen LogP contribution < -0.4 is 15.4 Å². The Kier molecular flexibility index (Phi) is 11.1. The zero-order valence-corrected chi connectivity index (χ0v) is 25.2. The Hall–Kier alpha value is -3.69. The molecule has 3 atom stereocenters. The molecule has 3 rings (SSSR count). The van der Waals surface area contributed by atoms with Gasteiger partial charge in [0.15, 0.2) is 11.6 Å². The van der Waals surface area contributed by atoms with Crippen molar-refractivity contribution in [1.29, 1.82) is 0 Å². The Labute approximate surface area is 246 Å². The summed E-state index contributed by atoms with van der Waals surface area (Å²) < 4.78 is 7.32. The minimum Gasteiger partial charge on any atom is -0.489 e. The first-order valence-corrected chi connectivity index (χ1v) is 14.1. The highest BCUT2D eigenvalue weighted by Gasteiger charge is 2.25. The second-order valence-electron chi connectivity index (χ2n) is 10.7. The van der Waals surface area contributed by atoms with E-state index >= 15 is 0 Å². The fourth-order valence-corrected chi connectivity index (χ4v) is 4.82. The van der Waals surface area contributed by atoms with Gasteiger partial charge >= 0.3 is 5.97 Å². The highest BCUT2D eigenvalue weighted by molar-refractivity contribution is 6.32. The van der Waals surface area contributed by atoms with Crippen molar-refractivity contribution < 1.29 is 24.2 Å². The number of aliphatic carboxylic acids is 1. The third-order valence-electron chi connectivity index (χ3n) is 6.71. The number of aryl methyl sites for hydroxylation is 1. The summed E-state index contributed by atoms with van der Waals surface area (Å²) in [7, 11) is 1.79. The number of nitrogens with one attached hydrogen (secondary N) is 2. The van der Waals surface area contributed by atoms with E-state index in [1.807, 2.05) is 58.2 Å². The van der Waals surface area contributed by atoms with Crippen molar-refractivity contribution >= 4 is 29.3 Å². The van der Waals surface area contributed by atoms with Crippen LogP contribution in [0, 0.1) is 5.92 Å². The minimum absolute atomic E-state index is 0.0297. The molecule has 2 aromatic carbocycles. The zero-order valence-electron chi connectivity index (χ0n) is 24.4. The standard InChI is InChI=1S/C31H39ClN4O5/c1-18(2)41-27-12-11-24(16-25(27)32)30(38)34-20(4)13-14-33-28(31(39)40)19(3)15-22-7-9-23(10-8-22)26-17-36(6)29(35-26)21(5)37/h7-12,16-20,28,33H,13-15H2,1-6H3,(H,34,38)(H,39,40)/t19-,20?,28-/m0/s1. The number of hydrogen-bond acceptors (Lipinski definition) is 6. The molecule has 0 radical (unpaired) electrons. The first-order valence-electron chi connectivity index (χ1n) is 13.7. The van der Waals surface area contributed by atoms with Gasteiger partial charge in [-0.25, -0.2) is 4.98 Å². The van der Waals surface area contributed by atoms with Crippen LogP contribution >= 0.6 is 11.6 Å². The van der Waals surface area contributed by atoms with Gasteiger partial charge in [0.2, 0.25) is 0 Å². The predicted octanol–water partition coefficient (Wildman–Crippen LogP) is 5.16. The Bertz CT molecular complexity index is 1370. The molecule has 0 spiro atoms. The second kappa shape index (κ2) is 14.3. The molecule has 3 aromatic rings. The maximum atomic E-state index is 12.7. The molecule has 0 aliphatic heterocycles. The summed E-state index contributed by atoms with van der Waals surface area (Å²) >= 11 is 6.26. The van der Waals surface area contributed by atoms with E-state index in [1.165, 1.54) is 6.92 Å². The molecule has 41 heavy (non-hydrogen) atoms. The maximum absolute atomic E-state index is 12.7. The number of aromatic nitrogens is 2. The van der Waals surface area contributed by atoms with Gasteiger partial charge in [0.1, 0.15) is 11.8 Å². The van der Waals surface area contributed by atoms with Crippen LogP contribution in [0.25, 0.3) is 11.3 Å². The fraction of sp³-hybridized carbons (Fsp3) is 0.419. The van der Waals surface area contributed by atoms with Crippen molar-refractivity contribution in [3.05, 3.63) is 70.6 Å². The molecule has 1 unspecified atom stereocenters. The van der Waals surface area contributed by atoms with Gasteiger partial charge in [-0.1, -0.05) is 42.8 Å². The highest BCUT2D eigenvalue weighted by atomic mass is 35.5. The van der Waals surface area contributed by atoms with Crippen LogP contribution in [0.3, 0.4) is 0 Å². The van der Waals surface area contributed by atoms with Gasteiger partial charge in [0.25, 0.3) is 5.91 Å². The van der Waals surface area contributed by atoms with E-state index in [2.05, 4.69) is 15.6 Å². The van der Waals surface area contributed by atoms with Gasteiger partial charge in [-0.3, -0.25) is 14.4 Å². The molecular formula is C31H39ClN4O5. The normalized spacial score (nSPS) is 13.5. The summed E-state index contributed by atoms with van der Waals surface area (Å²) in [5, 5.41) is 16.3. The second-order valence-corrected chi connectivity index (χ2v) is 11.1. The quantitative estimate of drug-likeness (QED) is 0.224. The van der Waals surface area contributed by atoms with Crippen LogP contribution in [0.4, 0.5) is 0 Å². The number of imidazole rings is 1. The van der Waals surface area contributed by atoms with Crippen molar-refractivity contribution in [2.75, 3.05) is 6.54 Å². The molecule has 3 N–H and O–H groups in total. The molecule has 220 valence electrons. The Balaban J connectivity index is 1.51. The van der Waals surface area contributed by atoms with Crippen LogP contribution in [-0.2, 0) is 18.3 Å². The first kappa shape index (κ1) is 31.8. The smallest absolute Gasteiger partial charge is 0.320 e. The molecule has 0 aliphatic rings. The number of ketones is 1. The first-order chi connectivity index (χ1) is 19.3. The lowest BCUT2D eigenvalue weighted by Crippen LogP contribution is -2.44. The molecule has 10 heteroatoms. The average molecular weight is 583 g/mol. The van der Waals surface area contributed by atoms with E-state index in [9.17, 15) is 19.5 Å². The number of nitrogens with zero attached hydrogens (tertiary/aromatic N) is 2. The third kappa shape index (κ3) is 8.90. The summed E-state index contributed by atoms with van der Waals surface area (Å²) in [5.41, 5.74) is 3.02. The summed E-state index contributed by atoms with van der Waals surface area (Å²) in [6.45, 7) is 9.48. The number of halogens is 1. The number of ether oxygens (including phenoxy) is 1. The van der Waals surface area contributed by atoms with Crippen molar-refractivity contribution in [3.63, 3.8) is 0 Å². The van der Waals surface area contributed by atoms with E-state index in [1.54, 1.807) is 29.8 Å². The van der Waals surface area contributed by atoms with Crippen LogP contribution in [0.5, 0.6) is 5.75 Å². The molecule has 0 saturated heterocycles. The molecule has 0 fully saturated rings. The largest absolute Gasteiger partial charge is 0.489 e. The van der Waals surface area contributed by atoms with Gasteiger partial charge < -0.3 is 25.0 Å². The molecule has 0 aliphatic carbocycles. The summed E-state index contributed by atoms with van der Waals surface area (Å²) in [6.07, 6.45) is 2.90. The number of carboxylic acids is 1. The lowest BCUT2D eigenvalue weighted by Gasteiger charge is -2.23. The average Bonchev–Trinajstić information content (AvgIpc) is 3.29. The highest BCUT2D eigenvalue weighted by Crippen LogP contribution is 2.26. The van der Waals surface area contributed by atoms with Gasteiger partial charge in [-0.2, -0.15) is 0 Å². The van der Waals surface area contributed by atoms with Crippen molar-refractivity contribution in [3.8, 4) is 17.0 Å². The number of rotatable bonds is 14. The van der Waals surface area contributed by atoms with Crippen LogP contribution in [-0.4, -0.2) is 57.0 Å². The minimum atomic E-state index is -0.922. The number of Topliss-reactive ketones (excluding diaryl/α,β-unsaturated/α-hetero) is 1. The van der Waals surface area contributed by atoms with Crippen LogP contribution in [0.2, 0.25) is 5.02 Å². The molecule has 9 nitrogen and oxygen atoms in total. The Morgan fingerprint density at radius 2 is 1.76 bits per heavy atom. The third-order valence-corrected chi connectivity index (χ3v) is 7.00. The van der Waals surface area contributed by atoms with Gasteiger partial charge in [0, 0.05) is 37.3 Å². The van der Waals surface area contributed by atoms with Crippen LogP contribution in [0.1, 0.15) is 67.6 Å². The van der Waals surface area contributed by atoms with E-state index in [4.69, 9.17) is 16.3 Å². The monoisotopic (exact) mass is 582 g/mol. The lowest BCUT2D eigenvalue weighted by molar-refractivity contribution is -0.140. The van der Waals surface area contributed by atoms with E-state index < -0.39 is 12.0 Å². The molecule has 1 heterocycles. The van der Waals surface area contributed by atoms with Crippen molar-refractivity contribution in [2.24, 2.45) is 13.0 Å². The summed E-state index contributed by atoms with van der Waals surface area (Å²) in [6, 6.07) is 11.8. The summed E-state index contributed by atoms with van der Waals surface area (Å²) in [5.74, 6) is -0.537. The fourth-order valence-electron chi connectivity index (χ4n) is 4.59. The molecule has 0 saturated carbocycles. The summed E-state index contributed by atoms with van der Waals surface area (Å²) in [4.78, 5) is 40.8. The van der Waals surface area contributed by atoms with Gasteiger partial charge in [-0.05, 0) is 69.8 Å². The topological polar surface area (TPSA) is 123 Å². The molecule has 0 bridgehead atoms. The number of benzene rings is 2. The molecule has 1 aromatic heterocycles. The lowest BCUT2D eigenvalue weighted by atomic mass is 9.93. The maximum Gasteiger partial charge on any atom is 0.320 e. The van der Waals surface area contributed by atoms with E-state index in [-0.39, 0.29) is 29.8 Å². The zero-order chi connectivity index (χ0) is 30.3. The Morgan fingerprint density at radius 3 is 2.32 bits per heavy atom. The SMILES string of the molecule is CC(=O)c1nc(-c2ccc(C[C@H](C)[C@H](NCCC(C)NC(=O)c3ccc(OC(C)C)c(Cl)c3)C(=O)O)cc2)cn1C. The van der Waals surface area contributed by atoms with Crippen molar-refractivity contribution in [2.45, 2.75) is 65.6 Å². The van der Waals surface area contributed by atoms with Gasteiger partial charge in [-0.15, -0.1) is 0 Å². The predicted molar refractivity (Wildman–Crippen MR) is 160 cm³/mol. The van der Waals surface area contributed by atoms with Gasteiger partial charge in [0.05, 0.1) is 16.8 Å². The van der Waals surface area contributed by atoms with Crippen LogP contribution in [0.15, 0.2) is 48.7 Å².